The molecule has 0 atom stereocenters. The summed E-state index contributed by atoms with van der Waals surface area (Å²) in [4.78, 5) is 13.6. The van der Waals surface area contributed by atoms with E-state index in [4.69, 9.17) is 4.74 Å². The average Bonchev–Trinajstić information content (AvgIpc) is 2.30. The van der Waals surface area contributed by atoms with Gasteiger partial charge in [0.15, 0.2) is 0 Å². The van der Waals surface area contributed by atoms with Crippen molar-refractivity contribution in [3.63, 3.8) is 0 Å². The number of nitrogens with zero attached hydrogens (tertiary/aromatic N) is 1. The van der Waals surface area contributed by atoms with Gasteiger partial charge < -0.3 is 10.1 Å². The number of nitrogens with one attached hydrogen (secondary N) is 1. The predicted octanol–water partition coefficient (Wildman–Crippen LogP) is 1.26. The fraction of sp³-hybridized carbons (Fsp3) is 0.923. The highest BCUT2D eigenvalue weighted by Gasteiger charge is 2.16. The fourth-order valence-electron chi connectivity index (χ4n) is 2.17. The first-order valence-corrected chi connectivity index (χ1v) is 6.77. The molecule has 0 unspecified atom stereocenters. The van der Waals surface area contributed by atoms with E-state index in [9.17, 15) is 4.79 Å². The Balaban J connectivity index is 2.10. The Bertz CT molecular complexity index is 215. The highest BCUT2D eigenvalue weighted by molar-refractivity contribution is 5.71. The Hall–Kier alpha value is -0.610. The summed E-state index contributed by atoms with van der Waals surface area (Å²) in [6, 6.07) is 0. The maximum Gasteiger partial charge on any atom is 0.320 e. The molecule has 1 N–H and O–H groups in total. The molecular formula is C13H26N2O2. The molecule has 100 valence electrons. The van der Waals surface area contributed by atoms with Gasteiger partial charge in [0.05, 0.1) is 13.2 Å². The van der Waals surface area contributed by atoms with E-state index in [1.54, 1.807) is 0 Å². The third kappa shape index (κ3) is 6.64. The number of likely N-dealkylation sites (N-methyl/N-ethyl adjacent to an activating group) is 1. The Morgan fingerprint density at radius 1 is 1.41 bits per heavy atom. The molecule has 0 bridgehead atoms. The molecule has 17 heavy (non-hydrogen) atoms. The van der Waals surface area contributed by atoms with Crippen LogP contribution in [0.3, 0.4) is 0 Å². The van der Waals surface area contributed by atoms with Gasteiger partial charge in [-0.05, 0) is 45.3 Å². The molecule has 0 saturated carbocycles. The molecule has 1 saturated heterocycles. The standard InChI is InChI=1S/C13H26N2O2/c1-3-4-9-17-13(16)11-15(2)10-12-5-7-14-8-6-12/h12,14H,3-11H2,1-2H3. The lowest BCUT2D eigenvalue weighted by Crippen LogP contribution is -2.37. The SMILES string of the molecule is CCCCOC(=O)CN(C)CC1CCNCC1. The molecule has 4 heteroatoms. The molecule has 0 aliphatic carbocycles. The van der Waals surface area contributed by atoms with Crippen LogP contribution in [0.1, 0.15) is 32.6 Å². The lowest BCUT2D eigenvalue weighted by molar-refractivity contribution is -0.144. The van der Waals surface area contributed by atoms with E-state index in [-0.39, 0.29) is 5.97 Å². The zero-order valence-corrected chi connectivity index (χ0v) is 11.2. The van der Waals surface area contributed by atoms with Crippen molar-refractivity contribution in [2.24, 2.45) is 5.92 Å². The monoisotopic (exact) mass is 242 g/mol. The summed E-state index contributed by atoms with van der Waals surface area (Å²) in [5, 5.41) is 3.35. The number of ether oxygens (including phenoxy) is 1. The van der Waals surface area contributed by atoms with Crippen molar-refractivity contribution in [2.75, 3.05) is 39.8 Å². The van der Waals surface area contributed by atoms with Gasteiger partial charge in [0.25, 0.3) is 0 Å². The number of carbonyl (C=O) groups is 1. The number of hydrogen-bond acceptors (Lipinski definition) is 4. The van der Waals surface area contributed by atoms with Crippen molar-refractivity contribution in [3.05, 3.63) is 0 Å². The highest BCUT2D eigenvalue weighted by atomic mass is 16.5. The summed E-state index contributed by atoms with van der Waals surface area (Å²) in [6.45, 7) is 6.31. The summed E-state index contributed by atoms with van der Waals surface area (Å²) >= 11 is 0. The molecule has 4 nitrogen and oxygen atoms in total. The van der Waals surface area contributed by atoms with Crippen molar-refractivity contribution < 1.29 is 9.53 Å². The number of esters is 1. The van der Waals surface area contributed by atoms with Crippen molar-refractivity contribution in [1.82, 2.24) is 10.2 Å². The lowest BCUT2D eigenvalue weighted by atomic mass is 9.98. The molecule has 1 rings (SSSR count). The van der Waals surface area contributed by atoms with Gasteiger partial charge in [0, 0.05) is 6.54 Å². The van der Waals surface area contributed by atoms with E-state index in [0.29, 0.717) is 13.2 Å². The first kappa shape index (κ1) is 14.5. The molecule has 1 aliphatic rings. The number of hydrogen-bond donors (Lipinski definition) is 1. The van der Waals surface area contributed by atoms with Crippen molar-refractivity contribution >= 4 is 5.97 Å². The second-order valence-electron chi connectivity index (χ2n) is 4.96. The van der Waals surface area contributed by atoms with E-state index < -0.39 is 0 Å². The number of unbranched alkanes of at least 4 members (excludes halogenated alkanes) is 1. The summed E-state index contributed by atoms with van der Waals surface area (Å²) in [5.74, 6) is 0.638. The summed E-state index contributed by atoms with van der Waals surface area (Å²) in [5.41, 5.74) is 0. The molecule has 1 aliphatic heterocycles. The van der Waals surface area contributed by atoms with Crippen LogP contribution in [0.2, 0.25) is 0 Å². The zero-order chi connectivity index (χ0) is 12.5. The smallest absolute Gasteiger partial charge is 0.320 e. The molecule has 0 aromatic rings. The quantitative estimate of drug-likeness (QED) is 0.539. The number of carbonyl (C=O) groups excluding carboxylic acids is 1. The second-order valence-corrected chi connectivity index (χ2v) is 4.96. The minimum Gasteiger partial charge on any atom is -0.465 e. The minimum absolute atomic E-state index is 0.0881. The van der Waals surface area contributed by atoms with Crippen LogP contribution in [0.4, 0.5) is 0 Å². The van der Waals surface area contributed by atoms with Gasteiger partial charge in [-0.15, -0.1) is 0 Å². The Labute approximate surface area is 105 Å². The zero-order valence-electron chi connectivity index (χ0n) is 11.2. The largest absolute Gasteiger partial charge is 0.465 e. The van der Waals surface area contributed by atoms with Crippen LogP contribution in [0.15, 0.2) is 0 Å². The molecule has 0 radical (unpaired) electrons. The molecule has 0 amide bonds. The van der Waals surface area contributed by atoms with Crippen LogP contribution in [0.25, 0.3) is 0 Å². The van der Waals surface area contributed by atoms with Crippen LogP contribution in [0, 0.1) is 5.92 Å². The Morgan fingerprint density at radius 3 is 2.76 bits per heavy atom. The van der Waals surface area contributed by atoms with Crippen molar-refractivity contribution in [1.29, 1.82) is 0 Å². The van der Waals surface area contributed by atoms with E-state index in [2.05, 4.69) is 17.1 Å². The summed E-state index contributed by atoms with van der Waals surface area (Å²) in [7, 11) is 2.00. The normalized spacial score (nSPS) is 17.4. The predicted molar refractivity (Wildman–Crippen MR) is 69.0 cm³/mol. The van der Waals surface area contributed by atoms with Gasteiger partial charge in [-0.1, -0.05) is 13.3 Å². The topological polar surface area (TPSA) is 41.6 Å². The molecule has 0 aromatic carbocycles. The number of rotatable bonds is 7. The van der Waals surface area contributed by atoms with Gasteiger partial charge in [-0.3, -0.25) is 9.69 Å². The van der Waals surface area contributed by atoms with Gasteiger partial charge in [0.1, 0.15) is 0 Å². The average molecular weight is 242 g/mol. The van der Waals surface area contributed by atoms with Gasteiger partial charge in [-0.2, -0.15) is 0 Å². The maximum absolute atomic E-state index is 11.5. The van der Waals surface area contributed by atoms with E-state index in [0.717, 1.165) is 38.4 Å². The lowest BCUT2D eigenvalue weighted by Gasteiger charge is -2.26. The van der Waals surface area contributed by atoms with E-state index in [1.165, 1.54) is 12.8 Å². The molecule has 0 spiro atoms. The van der Waals surface area contributed by atoms with Crippen LogP contribution < -0.4 is 5.32 Å². The highest BCUT2D eigenvalue weighted by Crippen LogP contribution is 2.12. The van der Waals surface area contributed by atoms with Crippen LogP contribution >= 0.6 is 0 Å². The minimum atomic E-state index is -0.0881. The first-order valence-electron chi connectivity index (χ1n) is 6.77. The third-order valence-electron chi connectivity index (χ3n) is 3.19. The first-order chi connectivity index (χ1) is 8.22. The van der Waals surface area contributed by atoms with Crippen LogP contribution in [-0.2, 0) is 9.53 Å². The second kappa shape index (κ2) is 8.48. The molecule has 1 heterocycles. The van der Waals surface area contributed by atoms with Gasteiger partial charge in [-0.25, -0.2) is 0 Å². The fourth-order valence-corrected chi connectivity index (χ4v) is 2.17. The van der Waals surface area contributed by atoms with E-state index >= 15 is 0 Å². The maximum atomic E-state index is 11.5. The van der Waals surface area contributed by atoms with Crippen LogP contribution in [0.5, 0.6) is 0 Å². The third-order valence-corrected chi connectivity index (χ3v) is 3.19. The Morgan fingerprint density at radius 2 is 2.12 bits per heavy atom. The van der Waals surface area contributed by atoms with Crippen molar-refractivity contribution in [3.8, 4) is 0 Å². The Kier molecular flexibility index (Phi) is 7.21. The van der Waals surface area contributed by atoms with Crippen LogP contribution in [-0.4, -0.2) is 50.7 Å². The van der Waals surface area contributed by atoms with E-state index in [1.807, 2.05) is 7.05 Å². The molecular weight excluding hydrogens is 216 g/mol. The summed E-state index contributed by atoms with van der Waals surface area (Å²) in [6.07, 6.45) is 4.46. The van der Waals surface area contributed by atoms with Gasteiger partial charge in [0.2, 0.25) is 0 Å². The molecule has 1 fully saturated rings. The van der Waals surface area contributed by atoms with Crippen molar-refractivity contribution in [2.45, 2.75) is 32.6 Å². The number of piperidine rings is 1. The summed E-state index contributed by atoms with van der Waals surface area (Å²) < 4.78 is 5.15. The molecule has 0 aromatic heterocycles. The van der Waals surface area contributed by atoms with Gasteiger partial charge >= 0.3 is 5.97 Å².